The largest absolute Gasteiger partial charge is 0.496 e. The van der Waals surface area contributed by atoms with Gasteiger partial charge in [-0.3, -0.25) is 0 Å². The molecule has 0 saturated heterocycles. The molecule has 2 aromatic rings. The minimum absolute atomic E-state index is 0.245. The fourth-order valence-electron chi connectivity index (χ4n) is 2.22. The first kappa shape index (κ1) is 13.3. The quantitative estimate of drug-likeness (QED) is 0.916. The molecule has 2 rings (SSSR count). The van der Waals surface area contributed by atoms with Crippen LogP contribution >= 0.6 is 0 Å². The number of nitrogens with zero attached hydrogens (tertiary/aromatic N) is 1. The predicted octanol–water partition coefficient (Wildman–Crippen LogP) is 3.06. The Hall–Kier alpha value is -2.17. The summed E-state index contributed by atoms with van der Waals surface area (Å²) in [5.74, 6) is 2.04. The number of ether oxygens (including phenoxy) is 2. The average Bonchev–Trinajstić information content (AvgIpc) is 2.82. The maximum absolute atomic E-state index is 5.83. The van der Waals surface area contributed by atoms with Crippen molar-refractivity contribution in [1.82, 2.24) is 5.16 Å². The Labute approximate surface area is 112 Å². The van der Waals surface area contributed by atoms with Crippen molar-refractivity contribution in [3.63, 3.8) is 0 Å². The number of rotatable bonds is 4. The van der Waals surface area contributed by atoms with Crippen molar-refractivity contribution in [2.75, 3.05) is 20.0 Å². The second-order valence-corrected chi connectivity index (χ2v) is 4.52. The molecule has 2 N–H and O–H groups in total. The Morgan fingerprint density at radius 2 is 1.79 bits per heavy atom. The van der Waals surface area contributed by atoms with E-state index in [1.165, 1.54) is 0 Å². The fraction of sp³-hybridized carbons (Fsp3) is 0.357. The van der Waals surface area contributed by atoms with Crippen LogP contribution in [0.4, 0.5) is 5.88 Å². The molecule has 0 aliphatic rings. The Balaban J connectivity index is 2.78. The summed E-state index contributed by atoms with van der Waals surface area (Å²) in [6, 6.07) is 3.74. The van der Waals surface area contributed by atoms with E-state index >= 15 is 0 Å². The number of hydrogen-bond acceptors (Lipinski definition) is 5. The third-order valence-corrected chi connectivity index (χ3v) is 3.05. The molecule has 0 unspecified atom stereocenters. The summed E-state index contributed by atoms with van der Waals surface area (Å²) in [7, 11) is 3.27. The Bertz CT molecular complexity index is 576. The number of benzene rings is 1. The van der Waals surface area contributed by atoms with Gasteiger partial charge in [0.2, 0.25) is 5.88 Å². The van der Waals surface area contributed by atoms with Crippen LogP contribution in [0.5, 0.6) is 11.5 Å². The van der Waals surface area contributed by atoms with E-state index in [0.29, 0.717) is 0 Å². The fourth-order valence-corrected chi connectivity index (χ4v) is 2.22. The molecule has 5 heteroatoms. The lowest BCUT2D eigenvalue weighted by Gasteiger charge is -2.19. The van der Waals surface area contributed by atoms with Gasteiger partial charge >= 0.3 is 0 Å². The summed E-state index contributed by atoms with van der Waals surface area (Å²) < 4.78 is 15.8. The molecule has 0 bridgehead atoms. The molecule has 1 aromatic carbocycles. The van der Waals surface area contributed by atoms with Gasteiger partial charge in [0.1, 0.15) is 11.5 Å². The molecule has 0 radical (unpaired) electrons. The number of nitrogens with two attached hydrogens (primary N) is 1. The second kappa shape index (κ2) is 5.22. The number of nitrogen functional groups attached to an aromatic ring is 1. The van der Waals surface area contributed by atoms with Gasteiger partial charge < -0.3 is 19.7 Å². The van der Waals surface area contributed by atoms with Crippen LogP contribution in [0, 0.1) is 0 Å². The number of methoxy groups -OCH3 is 2. The molecule has 0 saturated carbocycles. The van der Waals surface area contributed by atoms with Crippen LogP contribution in [0.2, 0.25) is 0 Å². The molecule has 5 nitrogen and oxygen atoms in total. The van der Waals surface area contributed by atoms with Gasteiger partial charge in [0.05, 0.1) is 26.0 Å². The van der Waals surface area contributed by atoms with Gasteiger partial charge in [-0.05, 0) is 18.1 Å². The van der Waals surface area contributed by atoms with Gasteiger partial charge in [-0.25, -0.2) is 0 Å². The average molecular weight is 262 g/mol. The van der Waals surface area contributed by atoms with E-state index in [2.05, 4.69) is 19.0 Å². The van der Waals surface area contributed by atoms with Crippen LogP contribution < -0.4 is 15.2 Å². The van der Waals surface area contributed by atoms with Gasteiger partial charge in [-0.15, -0.1) is 0 Å². The van der Waals surface area contributed by atoms with Crippen molar-refractivity contribution in [1.29, 1.82) is 0 Å². The molecule has 0 aliphatic heterocycles. The van der Waals surface area contributed by atoms with Crippen LogP contribution in [-0.2, 0) is 0 Å². The lowest BCUT2D eigenvalue weighted by atomic mass is 9.92. The summed E-state index contributed by atoms with van der Waals surface area (Å²) in [5.41, 5.74) is 8.45. The zero-order chi connectivity index (χ0) is 14.0. The minimum Gasteiger partial charge on any atom is -0.496 e. The van der Waals surface area contributed by atoms with E-state index in [4.69, 9.17) is 19.7 Å². The molecule has 0 fully saturated rings. The van der Waals surface area contributed by atoms with Crippen LogP contribution in [0.1, 0.15) is 25.3 Å². The number of anilines is 1. The highest BCUT2D eigenvalue weighted by molar-refractivity contribution is 5.82. The second-order valence-electron chi connectivity index (χ2n) is 4.52. The van der Waals surface area contributed by atoms with Crippen molar-refractivity contribution in [2.45, 2.75) is 19.8 Å². The molecule has 1 aromatic heterocycles. The summed E-state index contributed by atoms with van der Waals surface area (Å²) in [5, 5.41) is 3.73. The molecule has 1 heterocycles. The maximum atomic E-state index is 5.83. The van der Waals surface area contributed by atoms with E-state index in [0.717, 1.165) is 28.2 Å². The zero-order valence-electron chi connectivity index (χ0n) is 11.6. The van der Waals surface area contributed by atoms with Crippen LogP contribution in [0.3, 0.4) is 0 Å². The van der Waals surface area contributed by atoms with Gasteiger partial charge in [0.25, 0.3) is 0 Å². The van der Waals surface area contributed by atoms with Crippen molar-refractivity contribution >= 4 is 5.88 Å². The summed E-state index contributed by atoms with van der Waals surface area (Å²) >= 11 is 0. The van der Waals surface area contributed by atoms with Crippen molar-refractivity contribution in [3.05, 3.63) is 23.9 Å². The summed E-state index contributed by atoms with van der Waals surface area (Å²) in [6.45, 7) is 4.18. The lowest BCUT2D eigenvalue weighted by molar-refractivity contribution is 0.398. The zero-order valence-corrected chi connectivity index (χ0v) is 11.6. The number of hydrogen-bond donors (Lipinski definition) is 1. The summed E-state index contributed by atoms with van der Waals surface area (Å²) in [6.07, 6.45) is 1.60. The van der Waals surface area contributed by atoms with E-state index in [9.17, 15) is 0 Å². The third-order valence-electron chi connectivity index (χ3n) is 3.05. The van der Waals surface area contributed by atoms with Gasteiger partial charge in [-0.2, -0.15) is 0 Å². The normalized spacial score (nSPS) is 10.8. The molecule has 0 amide bonds. The maximum Gasteiger partial charge on any atom is 0.230 e. The van der Waals surface area contributed by atoms with Crippen molar-refractivity contribution in [2.24, 2.45) is 0 Å². The molecule has 0 aliphatic carbocycles. The van der Waals surface area contributed by atoms with Gasteiger partial charge in [0, 0.05) is 11.1 Å². The highest BCUT2D eigenvalue weighted by Crippen LogP contribution is 2.44. The third kappa shape index (κ3) is 2.23. The molecule has 0 spiro atoms. The van der Waals surface area contributed by atoms with Crippen LogP contribution in [-0.4, -0.2) is 19.4 Å². The lowest BCUT2D eigenvalue weighted by Crippen LogP contribution is -2.01. The van der Waals surface area contributed by atoms with E-state index in [1.54, 1.807) is 20.4 Å². The van der Waals surface area contributed by atoms with Crippen LogP contribution in [0.15, 0.2) is 22.9 Å². The van der Waals surface area contributed by atoms with E-state index < -0.39 is 0 Å². The minimum atomic E-state index is 0.245. The van der Waals surface area contributed by atoms with E-state index in [1.807, 2.05) is 12.1 Å². The first-order chi connectivity index (χ1) is 9.10. The molecule has 102 valence electrons. The Morgan fingerprint density at radius 1 is 1.16 bits per heavy atom. The highest BCUT2D eigenvalue weighted by atomic mass is 16.5. The Kier molecular flexibility index (Phi) is 3.64. The first-order valence-corrected chi connectivity index (χ1v) is 6.05. The van der Waals surface area contributed by atoms with Crippen LogP contribution in [0.25, 0.3) is 11.1 Å². The Morgan fingerprint density at radius 3 is 2.26 bits per heavy atom. The first-order valence-electron chi connectivity index (χ1n) is 6.05. The van der Waals surface area contributed by atoms with E-state index in [-0.39, 0.29) is 11.8 Å². The number of aromatic nitrogens is 1. The van der Waals surface area contributed by atoms with Gasteiger partial charge in [0.15, 0.2) is 0 Å². The van der Waals surface area contributed by atoms with Crippen molar-refractivity contribution in [3.8, 4) is 22.6 Å². The molecular weight excluding hydrogens is 244 g/mol. The van der Waals surface area contributed by atoms with Crippen molar-refractivity contribution < 1.29 is 14.0 Å². The summed E-state index contributed by atoms with van der Waals surface area (Å²) in [4.78, 5) is 0. The van der Waals surface area contributed by atoms with Gasteiger partial charge in [-0.1, -0.05) is 19.0 Å². The molecular formula is C14H18N2O3. The highest BCUT2D eigenvalue weighted by Gasteiger charge is 2.22. The monoisotopic (exact) mass is 262 g/mol. The smallest absolute Gasteiger partial charge is 0.230 e. The SMILES string of the molecule is COc1ccc(OC)c(C(C)C)c1-c1cnoc1N. The standard InChI is InChI=1S/C14H18N2O3/c1-8(2)12-10(17-3)5-6-11(18-4)13(12)9-7-16-19-14(9)15/h5-8H,15H2,1-4H3. The molecule has 0 atom stereocenters. The predicted molar refractivity (Wildman–Crippen MR) is 73.5 cm³/mol. The molecule has 19 heavy (non-hydrogen) atoms. The topological polar surface area (TPSA) is 70.5 Å².